The summed E-state index contributed by atoms with van der Waals surface area (Å²) in [5.74, 6) is 0.0826. The second kappa shape index (κ2) is 2.97. The number of aryl methyl sites for hydroxylation is 1. The monoisotopic (exact) mass is 168 g/mol. The summed E-state index contributed by atoms with van der Waals surface area (Å²) in [6, 6.07) is 5.27. The fraction of sp³-hybridized carbons (Fsp3) is 0.111. The van der Waals surface area contributed by atoms with E-state index in [0.717, 1.165) is 11.1 Å². The number of benzene rings is 1. The topological polar surface area (TPSA) is 20.2 Å². The molecule has 1 nitrogen and oxygen atoms in total. The van der Waals surface area contributed by atoms with Crippen LogP contribution in [0.5, 0.6) is 0 Å². The zero-order chi connectivity index (χ0) is 8.43. The first kappa shape index (κ1) is 8.15. The van der Waals surface area contributed by atoms with Crippen LogP contribution < -0.4 is 0 Å². The van der Waals surface area contributed by atoms with Gasteiger partial charge in [-0.1, -0.05) is 18.2 Å². The van der Waals surface area contributed by atoms with Crippen LogP contribution in [0.15, 0.2) is 24.8 Å². The van der Waals surface area contributed by atoms with Crippen LogP contribution >= 0.6 is 11.6 Å². The van der Waals surface area contributed by atoms with Crippen LogP contribution in [0.4, 0.5) is 0 Å². The molecule has 1 aromatic rings. The van der Waals surface area contributed by atoms with Crippen LogP contribution in [0.3, 0.4) is 0 Å². The highest BCUT2D eigenvalue weighted by Gasteiger charge is 2.00. The maximum Gasteiger partial charge on any atom is 0.115 e. The quantitative estimate of drug-likeness (QED) is 0.639. The molecule has 0 amide bonds. The van der Waals surface area contributed by atoms with Gasteiger partial charge < -0.3 is 5.11 Å². The standard InChI is InChI=1S/C9H9ClO/c1-6-5-8(10)3-4-9(6)7(2)11/h3-5,11H,2H2,1H3. The Bertz CT molecular complexity index is 292. The van der Waals surface area contributed by atoms with E-state index >= 15 is 0 Å². The SMILES string of the molecule is C=C(O)c1ccc(Cl)cc1C. The predicted molar refractivity (Wildman–Crippen MR) is 47.9 cm³/mol. The molecule has 0 unspecified atom stereocenters. The molecule has 0 atom stereocenters. The van der Waals surface area contributed by atoms with Crippen LogP contribution in [0.25, 0.3) is 5.76 Å². The lowest BCUT2D eigenvalue weighted by Gasteiger charge is -2.02. The highest BCUT2D eigenvalue weighted by atomic mass is 35.5. The smallest absolute Gasteiger partial charge is 0.115 e. The Labute approximate surface area is 70.9 Å². The van der Waals surface area contributed by atoms with E-state index in [2.05, 4.69) is 6.58 Å². The Kier molecular flexibility index (Phi) is 2.20. The van der Waals surface area contributed by atoms with E-state index in [1.807, 2.05) is 6.92 Å². The van der Waals surface area contributed by atoms with Gasteiger partial charge in [-0.25, -0.2) is 0 Å². The summed E-state index contributed by atoms with van der Waals surface area (Å²) in [7, 11) is 0. The van der Waals surface area contributed by atoms with Gasteiger partial charge in [0.05, 0.1) is 0 Å². The molecule has 58 valence electrons. The van der Waals surface area contributed by atoms with E-state index in [1.165, 1.54) is 0 Å². The predicted octanol–water partition coefficient (Wildman–Crippen LogP) is 3.18. The van der Waals surface area contributed by atoms with Crippen LogP contribution in [0.2, 0.25) is 5.02 Å². The van der Waals surface area contributed by atoms with E-state index < -0.39 is 0 Å². The summed E-state index contributed by atoms with van der Waals surface area (Å²) in [5.41, 5.74) is 1.68. The molecule has 1 aromatic carbocycles. The number of rotatable bonds is 1. The van der Waals surface area contributed by atoms with Gasteiger partial charge in [-0.05, 0) is 30.7 Å². The van der Waals surface area contributed by atoms with Gasteiger partial charge in [0, 0.05) is 10.6 Å². The normalized spacial score (nSPS) is 9.64. The average Bonchev–Trinajstić information content (AvgIpc) is 1.85. The molecular formula is C9H9ClO. The minimum absolute atomic E-state index is 0.0826. The molecule has 0 aliphatic heterocycles. The van der Waals surface area contributed by atoms with Gasteiger partial charge in [-0.2, -0.15) is 0 Å². The molecule has 1 N–H and O–H groups in total. The van der Waals surface area contributed by atoms with Crippen LogP contribution in [-0.2, 0) is 0 Å². The molecule has 0 aliphatic rings. The zero-order valence-electron chi connectivity index (χ0n) is 6.26. The fourth-order valence-electron chi connectivity index (χ4n) is 0.951. The van der Waals surface area contributed by atoms with Crippen LogP contribution in [0, 0.1) is 6.92 Å². The van der Waals surface area contributed by atoms with Gasteiger partial charge in [-0.3, -0.25) is 0 Å². The van der Waals surface area contributed by atoms with Gasteiger partial charge in [0.25, 0.3) is 0 Å². The lowest BCUT2D eigenvalue weighted by Crippen LogP contribution is -1.85. The summed E-state index contributed by atoms with van der Waals surface area (Å²) in [4.78, 5) is 0. The van der Waals surface area contributed by atoms with Crippen LogP contribution in [0.1, 0.15) is 11.1 Å². The first-order valence-corrected chi connectivity index (χ1v) is 3.63. The molecule has 0 radical (unpaired) electrons. The van der Waals surface area contributed by atoms with E-state index in [9.17, 15) is 0 Å². The zero-order valence-corrected chi connectivity index (χ0v) is 7.02. The van der Waals surface area contributed by atoms with Gasteiger partial charge in [0.15, 0.2) is 0 Å². The van der Waals surface area contributed by atoms with Gasteiger partial charge in [0.2, 0.25) is 0 Å². The van der Waals surface area contributed by atoms with Crippen molar-refractivity contribution in [1.82, 2.24) is 0 Å². The Hall–Kier alpha value is -0.950. The maximum absolute atomic E-state index is 9.06. The number of halogens is 1. The third-order valence-corrected chi connectivity index (χ3v) is 1.73. The molecule has 0 saturated heterocycles. The Morgan fingerprint density at radius 3 is 2.64 bits per heavy atom. The van der Waals surface area contributed by atoms with Crippen molar-refractivity contribution in [2.24, 2.45) is 0 Å². The maximum atomic E-state index is 9.06. The fourth-order valence-corrected chi connectivity index (χ4v) is 1.18. The number of hydrogen-bond donors (Lipinski definition) is 1. The van der Waals surface area contributed by atoms with E-state index in [4.69, 9.17) is 16.7 Å². The molecule has 0 bridgehead atoms. The van der Waals surface area contributed by atoms with Crippen molar-refractivity contribution in [3.8, 4) is 0 Å². The third kappa shape index (κ3) is 1.75. The molecule has 0 spiro atoms. The second-order valence-electron chi connectivity index (χ2n) is 2.41. The molecule has 1 rings (SSSR count). The van der Waals surface area contributed by atoms with E-state index in [-0.39, 0.29) is 5.76 Å². The van der Waals surface area contributed by atoms with Gasteiger partial charge in [0.1, 0.15) is 5.76 Å². The molecule has 0 heterocycles. The average molecular weight is 169 g/mol. The van der Waals surface area contributed by atoms with Crippen molar-refractivity contribution in [2.45, 2.75) is 6.92 Å². The lowest BCUT2D eigenvalue weighted by atomic mass is 10.1. The Morgan fingerprint density at radius 2 is 2.18 bits per heavy atom. The summed E-state index contributed by atoms with van der Waals surface area (Å²) < 4.78 is 0. The van der Waals surface area contributed by atoms with Gasteiger partial charge >= 0.3 is 0 Å². The second-order valence-corrected chi connectivity index (χ2v) is 2.84. The molecule has 0 fully saturated rings. The molecule has 0 aliphatic carbocycles. The largest absolute Gasteiger partial charge is 0.508 e. The molecule has 0 aromatic heterocycles. The number of aliphatic hydroxyl groups excluding tert-OH is 1. The third-order valence-electron chi connectivity index (χ3n) is 1.50. The first-order chi connectivity index (χ1) is 5.11. The van der Waals surface area contributed by atoms with Crippen molar-refractivity contribution in [1.29, 1.82) is 0 Å². The summed E-state index contributed by atoms with van der Waals surface area (Å²) >= 11 is 5.71. The van der Waals surface area contributed by atoms with Crippen molar-refractivity contribution in [2.75, 3.05) is 0 Å². The molecule has 0 saturated carbocycles. The highest BCUT2D eigenvalue weighted by molar-refractivity contribution is 6.30. The Balaban J connectivity index is 3.20. The van der Waals surface area contributed by atoms with Crippen molar-refractivity contribution in [3.05, 3.63) is 40.9 Å². The van der Waals surface area contributed by atoms with Crippen molar-refractivity contribution < 1.29 is 5.11 Å². The molecular weight excluding hydrogens is 160 g/mol. The van der Waals surface area contributed by atoms with Crippen molar-refractivity contribution in [3.63, 3.8) is 0 Å². The van der Waals surface area contributed by atoms with Crippen molar-refractivity contribution >= 4 is 17.4 Å². The highest BCUT2D eigenvalue weighted by Crippen LogP contribution is 2.19. The molecule has 11 heavy (non-hydrogen) atoms. The van der Waals surface area contributed by atoms with Crippen LogP contribution in [-0.4, -0.2) is 5.11 Å². The molecule has 2 heteroatoms. The van der Waals surface area contributed by atoms with E-state index in [1.54, 1.807) is 18.2 Å². The van der Waals surface area contributed by atoms with Gasteiger partial charge in [-0.15, -0.1) is 0 Å². The first-order valence-electron chi connectivity index (χ1n) is 3.25. The Morgan fingerprint density at radius 1 is 1.55 bits per heavy atom. The van der Waals surface area contributed by atoms with E-state index in [0.29, 0.717) is 5.02 Å². The number of hydrogen-bond acceptors (Lipinski definition) is 1. The minimum Gasteiger partial charge on any atom is -0.508 e. The lowest BCUT2D eigenvalue weighted by molar-refractivity contribution is 0.513. The number of aliphatic hydroxyl groups is 1. The summed E-state index contributed by atoms with van der Waals surface area (Å²) in [5, 5.41) is 9.73. The summed E-state index contributed by atoms with van der Waals surface area (Å²) in [6.45, 7) is 5.31. The minimum atomic E-state index is 0.0826. The summed E-state index contributed by atoms with van der Waals surface area (Å²) in [6.07, 6.45) is 0.